The SMILES string of the molecule is CN[C@@H](C)C(=O)N[C@H](C(=O)N1CCC[C@H]1CN(CCCc1ccccc1)C(=O)c1c[nH]cccnc(C)n1)C1CCCCC1. The average Bonchev–Trinajstić information content (AvgIpc) is 3.55. The summed E-state index contributed by atoms with van der Waals surface area (Å²) in [7, 11) is 1.75. The highest BCUT2D eigenvalue weighted by atomic mass is 16.2. The third kappa shape index (κ3) is 9.35. The Kier molecular flexibility index (Phi) is 12.7. The molecule has 10 heteroatoms. The summed E-state index contributed by atoms with van der Waals surface area (Å²) in [6, 6.07) is 10.9. The highest BCUT2D eigenvalue weighted by Gasteiger charge is 2.39. The zero-order chi connectivity index (χ0) is 31.3. The number of hydrogen-bond donors (Lipinski definition) is 3. The molecule has 1 aliphatic heterocycles. The first-order valence-corrected chi connectivity index (χ1v) is 16.2. The number of carbonyl (C=O) groups excluding carboxylic acids is 3. The van der Waals surface area contributed by atoms with Crippen LogP contribution in [0.15, 0.2) is 55.0 Å². The van der Waals surface area contributed by atoms with Crippen LogP contribution < -0.4 is 10.6 Å². The minimum absolute atomic E-state index is 0.0237. The molecule has 1 aliphatic carbocycles. The number of benzene rings is 1. The van der Waals surface area contributed by atoms with Crippen LogP contribution in [0.3, 0.4) is 0 Å². The molecule has 2 aromatic rings. The van der Waals surface area contributed by atoms with Gasteiger partial charge >= 0.3 is 0 Å². The van der Waals surface area contributed by atoms with Gasteiger partial charge in [-0.15, -0.1) is 0 Å². The molecule has 10 nitrogen and oxygen atoms in total. The summed E-state index contributed by atoms with van der Waals surface area (Å²) in [4.78, 5) is 56.8. The van der Waals surface area contributed by atoms with Crippen LogP contribution in [0, 0.1) is 12.8 Å². The second-order valence-electron chi connectivity index (χ2n) is 12.1. The van der Waals surface area contributed by atoms with E-state index in [4.69, 9.17) is 0 Å². The lowest BCUT2D eigenvalue weighted by Crippen LogP contribution is -2.57. The van der Waals surface area contributed by atoms with E-state index in [0.717, 1.165) is 51.4 Å². The summed E-state index contributed by atoms with van der Waals surface area (Å²) in [5, 5.41) is 6.10. The molecule has 1 saturated heterocycles. The van der Waals surface area contributed by atoms with E-state index in [0.29, 0.717) is 25.5 Å². The van der Waals surface area contributed by atoms with Crippen molar-refractivity contribution in [2.75, 3.05) is 26.7 Å². The minimum atomic E-state index is -0.556. The van der Waals surface area contributed by atoms with E-state index in [-0.39, 0.29) is 41.4 Å². The lowest BCUT2D eigenvalue weighted by atomic mass is 9.83. The lowest BCUT2D eigenvalue weighted by molar-refractivity contribution is -0.139. The predicted octanol–water partition coefficient (Wildman–Crippen LogP) is 3.98. The van der Waals surface area contributed by atoms with Gasteiger partial charge in [-0.25, -0.2) is 9.97 Å². The highest BCUT2D eigenvalue weighted by Crippen LogP contribution is 2.29. The van der Waals surface area contributed by atoms with Gasteiger partial charge in [0.05, 0.1) is 6.04 Å². The second-order valence-corrected chi connectivity index (χ2v) is 12.1. The highest BCUT2D eigenvalue weighted by molar-refractivity contribution is 5.92. The van der Waals surface area contributed by atoms with Crippen LogP contribution in [-0.4, -0.2) is 87.3 Å². The molecule has 0 bridgehead atoms. The fourth-order valence-corrected chi connectivity index (χ4v) is 6.28. The van der Waals surface area contributed by atoms with Crippen LogP contribution in [-0.2, 0) is 16.0 Å². The molecule has 0 unspecified atom stereocenters. The molecule has 1 saturated carbocycles. The molecule has 44 heavy (non-hydrogen) atoms. The summed E-state index contributed by atoms with van der Waals surface area (Å²) >= 11 is 0. The number of rotatable bonds is 12. The van der Waals surface area contributed by atoms with Crippen molar-refractivity contribution >= 4 is 17.7 Å². The van der Waals surface area contributed by atoms with Crippen LogP contribution in [0.5, 0.6) is 0 Å². The molecule has 2 aliphatic rings. The zero-order valence-electron chi connectivity index (χ0n) is 26.5. The van der Waals surface area contributed by atoms with Crippen LogP contribution >= 0.6 is 0 Å². The summed E-state index contributed by atoms with van der Waals surface area (Å²) in [6.07, 6.45) is 13.4. The number of likely N-dealkylation sites (tertiary alicyclic amines) is 1. The van der Waals surface area contributed by atoms with E-state index < -0.39 is 6.04 Å². The Labute approximate surface area is 261 Å². The Balaban J connectivity index is 1.56. The number of aryl methyl sites for hydroxylation is 2. The topological polar surface area (TPSA) is 123 Å². The molecule has 2 fully saturated rings. The number of aromatic amines is 1. The molecule has 1 aromatic carbocycles. The maximum Gasteiger partial charge on any atom is 0.274 e. The third-order valence-corrected chi connectivity index (χ3v) is 8.89. The van der Waals surface area contributed by atoms with Crippen molar-refractivity contribution in [1.82, 2.24) is 35.4 Å². The van der Waals surface area contributed by atoms with E-state index >= 15 is 0 Å². The molecule has 0 spiro atoms. The van der Waals surface area contributed by atoms with Crippen molar-refractivity contribution in [3.63, 3.8) is 0 Å². The number of nitrogens with zero attached hydrogens (tertiary/aromatic N) is 4. The number of aromatic nitrogens is 3. The smallest absolute Gasteiger partial charge is 0.274 e. The maximum absolute atomic E-state index is 14.2. The number of likely N-dealkylation sites (N-methyl/N-ethyl adjacent to an activating group) is 1. The summed E-state index contributed by atoms with van der Waals surface area (Å²) in [5.74, 6) is 0.227. The first-order valence-electron chi connectivity index (χ1n) is 16.2. The molecule has 0 radical (unpaired) electrons. The Morgan fingerprint density at radius 3 is 2.59 bits per heavy atom. The van der Waals surface area contributed by atoms with E-state index in [2.05, 4.69) is 37.7 Å². The van der Waals surface area contributed by atoms with E-state index in [1.807, 2.05) is 34.9 Å². The van der Waals surface area contributed by atoms with Crippen molar-refractivity contribution in [3.8, 4) is 0 Å². The largest absolute Gasteiger partial charge is 0.366 e. The van der Waals surface area contributed by atoms with E-state index in [1.165, 1.54) is 12.0 Å². The van der Waals surface area contributed by atoms with E-state index in [1.54, 1.807) is 38.6 Å². The summed E-state index contributed by atoms with van der Waals surface area (Å²) in [6.45, 7) is 5.13. The fourth-order valence-electron chi connectivity index (χ4n) is 6.28. The fraction of sp³-hybridized carbons (Fsp3) is 0.559. The third-order valence-electron chi connectivity index (χ3n) is 8.89. The van der Waals surface area contributed by atoms with Gasteiger partial charge in [-0.2, -0.15) is 0 Å². The van der Waals surface area contributed by atoms with Gasteiger partial charge in [0.1, 0.15) is 17.6 Å². The van der Waals surface area contributed by atoms with Crippen molar-refractivity contribution in [2.24, 2.45) is 5.92 Å². The standard InChI is InChI=1S/C34H49N7O3/c1-25(35-3)32(42)39-31(28-16-8-5-9-17-28)34(44)41-22-11-18-29(41)24-40(21-10-15-27-13-6-4-7-14-27)33(43)30-23-36-19-12-20-37-26(2)38-30/h4,6-7,12-14,19-20,23,25,28-29,31,35-36H,5,8-11,15-18,21-22,24H2,1-3H3,(H,39,42)/t25-,29-,31-/m0/s1. The molecule has 1 aromatic heterocycles. The average molecular weight is 604 g/mol. The molecular weight excluding hydrogens is 554 g/mol. The summed E-state index contributed by atoms with van der Waals surface area (Å²) in [5.41, 5.74) is 1.49. The molecule has 4 rings (SSSR count). The molecule has 3 amide bonds. The maximum atomic E-state index is 14.2. The zero-order valence-corrected chi connectivity index (χ0v) is 26.5. The van der Waals surface area contributed by atoms with Gasteiger partial charge in [0.15, 0.2) is 0 Å². The molecule has 3 atom stereocenters. The molecule has 2 heterocycles. The van der Waals surface area contributed by atoms with Gasteiger partial charge in [-0.05, 0) is 77.0 Å². The van der Waals surface area contributed by atoms with Crippen molar-refractivity contribution < 1.29 is 14.4 Å². The van der Waals surface area contributed by atoms with Crippen molar-refractivity contribution in [1.29, 1.82) is 0 Å². The van der Waals surface area contributed by atoms with Crippen molar-refractivity contribution in [3.05, 3.63) is 72.1 Å². The number of hydrogen-bond acceptors (Lipinski definition) is 6. The molecular formula is C34H49N7O3. The van der Waals surface area contributed by atoms with Gasteiger partial charge in [0.2, 0.25) is 11.8 Å². The van der Waals surface area contributed by atoms with Gasteiger partial charge in [0.25, 0.3) is 5.91 Å². The van der Waals surface area contributed by atoms with Crippen LogP contribution in [0.1, 0.15) is 80.2 Å². The van der Waals surface area contributed by atoms with Gasteiger partial charge < -0.3 is 25.4 Å². The second kappa shape index (κ2) is 16.9. The minimum Gasteiger partial charge on any atom is -0.366 e. The quantitative estimate of drug-likeness (QED) is 0.337. The van der Waals surface area contributed by atoms with Crippen LogP contribution in [0.25, 0.3) is 0 Å². The number of amides is 3. The van der Waals surface area contributed by atoms with Crippen molar-refractivity contribution in [2.45, 2.75) is 89.8 Å². The monoisotopic (exact) mass is 603 g/mol. The van der Waals surface area contributed by atoms with Crippen LogP contribution in [0.2, 0.25) is 0 Å². The Bertz CT molecular complexity index is 1280. The first kappa shape index (κ1) is 33.1. The Morgan fingerprint density at radius 2 is 1.84 bits per heavy atom. The Morgan fingerprint density at radius 1 is 1.07 bits per heavy atom. The summed E-state index contributed by atoms with van der Waals surface area (Å²) < 4.78 is 0. The van der Waals surface area contributed by atoms with E-state index in [9.17, 15) is 14.4 Å². The van der Waals surface area contributed by atoms with Gasteiger partial charge in [-0.1, -0.05) is 49.6 Å². The Hall–Kier alpha value is -3.79. The predicted molar refractivity (Wildman–Crippen MR) is 171 cm³/mol. The number of nitrogens with one attached hydrogen (secondary N) is 3. The first-order chi connectivity index (χ1) is 21.4. The number of H-pyrrole nitrogens is 1. The van der Waals surface area contributed by atoms with Crippen LogP contribution in [0.4, 0.5) is 0 Å². The normalized spacial score (nSPS) is 18.2. The molecule has 238 valence electrons. The lowest BCUT2D eigenvalue weighted by Gasteiger charge is -2.37. The van der Waals surface area contributed by atoms with Gasteiger partial charge in [-0.3, -0.25) is 14.4 Å². The van der Waals surface area contributed by atoms with Gasteiger partial charge in [0, 0.05) is 44.3 Å². The number of carbonyl (C=O) groups is 3. The molecule has 3 N–H and O–H groups in total.